The molecule has 0 atom stereocenters. The highest BCUT2D eigenvalue weighted by Gasteiger charge is 2.06. The van der Waals surface area contributed by atoms with E-state index in [-0.39, 0.29) is 5.84 Å². The third-order valence-corrected chi connectivity index (χ3v) is 1.96. The molecule has 0 saturated heterocycles. The van der Waals surface area contributed by atoms with Crippen LogP contribution >= 0.6 is 27.5 Å². The molecule has 0 amide bonds. The highest BCUT2D eigenvalue weighted by molar-refractivity contribution is 9.10. The zero-order chi connectivity index (χ0) is 9.84. The maximum atomic E-state index is 5.84. The molecule has 0 unspecified atom stereocenters. The minimum absolute atomic E-state index is 0.139. The number of nitrogens with zero attached hydrogens (tertiary/aromatic N) is 2. The predicted octanol–water partition coefficient (Wildman–Crippen LogP) is 0.581. The fraction of sp³-hybridized carbons (Fsp3) is 0. The van der Waals surface area contributed by atoms with Crippen LogP contribution in [0.15, 0.2) is 21.8 Å². The largest absolute Gasteiger partial charge is 0.380 e. The first kappa shape index (κ1) is 10.2. The third kappa shape index (κ3) is 2.55. The van der Waals surface area contributed by atoms with Crippen molar-refractivity contribution in [1.82, 2.24) is 10.5 Å². The molecule has 0 bridgehead atoms. The van der Waals surface area contributed by atoms with Gasteiger partial charge in [-0.15, -0.1) is 5.10 Å². The van der Waals surface area contributed by atoms with Gasteiger partial charge in [-0.3, -0.25) is 4.98 Å². The van der Waals surface area contributed by atoms with Crippen molar-refractivity contribution in [2.75, 3.05) is 0 Å². The Morgan fingerprint density at radius 2 is 2.38 bits per heavy atom. The molecule has 0 saturated carbocycles. The molecule has 70 valence electrons. The van der Waals surface area contributed by atoms with Crippen molar-refractivity contribution in [3.05, 3.63) is 27.5 Å². The summed E-state index contributed by atoms with van der Waals surface area (Å²) in [5.74, 6) is 5.09. The van der Waals surface area contributed by atoms with E-state index in [0.29, 0.717) is 10.7 Å². The third-order valence-electron chi connectivity index (χ3n) is 1.24. The molecule has 0 radical (unpaired) electrons. The van der Waals surface area contributed by atoms with Gasteiger partial charge in [0.05, 0.1) is 5.02 Å². The van der Waals surface area contributed by atoms with Gasteiger partial charge < -0.3 is 5.73 Å². The Balaban J connectivity index is 3.09. The zero-order valence-corrected chi connectivity index (χ0v) is 8.80. The van der Waals surface area contributed by atoms with Gasteiger partial charge in [0.2, 0.25) is 0 Å². The van der Waals surface area contributed by atoms with E-state index in [1.165, 1.54) is 0 Å². The van der Waals surface area contributed by atoms with Crippen LogP contribution < -0.4 is 17.1 Å². The Morgan fingerprint density at radius 3 is 2.92 bits per heavy atom. The Morgan fingerprint density at radius 1 is 1.69 bits per heavy atom. The normalized spacial score (nSPS) is 11.5. The fourth-order valence-corrected chi connectivity index (χ4v) is 1.45. The van der Waals surface area contributed by atoms with Crippen LogP contribution in [-0.2, 0) is 0 Å². The maximum Gasteiger partial charge on any atom is 0.172 e. The van der Waals surface area contributed by atoms with Crippen molar-refractivity contribution < 1.29 is 0 Å². The molecule has 0 aliphatic carbocycles. The van der Waals surface area contributed by atoms with E-state index in [4.69, 9.17) is 23.2 Å². The topological polar surface area (TPSA) is 89.3 Å². The summed E-state index contributed by atoms with van der Waals surface area (Å²) in [6, 6.07) is 1.67. The smallest absolute Gasteiger partial charge is 0.172 e. The molecular formula is C6H7BrClN5. The zero-order valence-electron chi connectivity index (χ0n) is 6.46. The number of hydrogen-bond donors (Lipinski definition) is 3. The maximum absolute atomic E-state index is 5.84. The van der Waals surface area contributed by atoms with Gasteiger partial charge in [0.25, 0.3) is 0 Å². The molecule has 0 aliphatic heterocycles. The Bertz CT molecular complexity index is 340. The number of hydrazone groups is 1. The number of halogens is 2. The highest BCUT2D eigenvalue weighted by Crippen LogP contribution is 2.18. The summed E-state index contributed by atoms with van der Waals surface area (Å²) in [6.45, 7) is 0. The van der Waals surface area contributed by atoms with Crippen molar-refractivity contribution in [3.8, 4) is 0 Å². The van der Waals surface area contributed by atoms with Crippen LogP contribution in [0.25, 0.3) is 0 Å². The predicted molar refractivity (Wildman–Crippen MR) is 55.0 cm³/mol. The van der Waals surface area contributed by atoms with Crippen LogP contribution in [0.1, 0.15) is 5.69 Å². The van der Waals surface area contributed by atoms with Crippen LogP contribution in [0.5, 0.6) is 0 Å². The second kappa shape index (κ2) is 4.40. The molecule has 1 aromatic rings. The quantitative estimate of drug-likeness (QED) is 0.315. The molecule has 0 spiro atoms. The molecule has 13 heavy (non-hydrogen) atoms. The van der Waals surface area contributed by atoms with Crippen LogP contribution in [-0.4, -0.2) is 10.8 Å². The number of nitrogens with one attached hydrogen (secondary N) is 1. The molecule has 1 rings (SSSR count). The molecule has 1 heterocycles. The lowest BCUT2D eigenvalue weighted by Gasteiger charge is -2.01. The van der Waals surface area contributed by atoms with Crippen LogP contribution in [0.4, 0.5) is 0 Å². The first-order valence-corrected chi connectivity index (χ1v) is 4.42. The summed E-state index contributed by atoms with van der Waals surface area (Å²) in [7, 11) is 0. The van der Waals surface area contributed by atoms with Gasteiger partial charge in [0.1, 0.15) is 5.69 Å². The minimum atomic E-state index is 0.139. The Hall–Kier alpha value is -0.850. The number of pyridine rings is 1. The second-order valence-electron chi connectivity index (χ2n) is 2.11. The van der Waals surface area contributed by atoms with Crippen molar-refractivity contribution in [1.29, 1.82) is 0 Å². The van der Waals surface area contributed by atoms with E-state index in [0.717, 1.165) is 4.47 Å². The van der Waals surface area contributed by atoms with Gasteiger partial charge in [-0.1, -0.05) is 11.6 Å². The van der Waals surface area contributed by atoms with Crippen LogP contribution in [0, 0.1) is 0 Å². The first-order valence-electron chi connectivity index (χ1n) is 3.25. The number of nitrogens with two attached hydrogens (primary N) is 2. The molecular weight excluding hydrogens is 257 g/mol. The minimum Gasteiger partial charge on any atom is -0.380 e. The van der Waals surface area contributed by atoms with Gasteiger partial charge in [-0.25, -0.2) is 11.4 Å². The number of hydrazine groups is 1. The van der Waals surface area contributed by atoms with Crippen molar-refractivity contribution in [3.63, 3.8) is 0 Å². The molecule has 0 aromatic carbocycles. The number of hydrogen-bond acceptors (Lipinski definition) is 4. The summed E-state index contributed by atoms with van der Waals surface area (Å²) in [5.41, 5.74) is 7.95. The molecule has 5 N–H and O–H groups in total. The van der Waals surface area contributed by atoms with E-state index < -0.39 is 0 Å². The van der Waals surface area contributed by atoms with Crippen molar-refractivity contribution in [2.24, 2.45) is 16.7 Å². The number of amidine groups is 1. The van der Waals surface area contributed by atoms with Crippen molar-refractivity contribution >= 4 is 33.4 Å². The van der Waals surface area contributed by atoms with E-state index in [2.05, 4.69) is 31.6 Å². The van der Waals surface area contributed by atoms with Gasteiger partial charge in [0.15, 0.2) is 5.84 Å². The average Bonchev–Trinajstić information content (AvgIpc) is 2.04. The lowest BCUT2D eigenvalue weighted by atomic mass is 10.3. The molecule has 7 heteroatoms. The van der Waals surface area contributed by atoms with E-state index >= 15 is 0 Å². The molecule has 0 fully saturated rings. The van der Waals surface area contributed by atoms with Crippen LogP contribution in [0.2, 0.25) is 5.02 Å². The van der Waals surface area contributed by atoms with E-state index in [1.807, 2.05) is 0 Å². The monoisotopic (exact) mass is 263 g/mol. The highest BCUT2D eigenvalue weighted by atomic mass is 79.9. The average molecular weight is 265 g/mol. The first-order chi connectivity index (χ1) is 6.15. The standard InChI is InChI=1S/C6H7BrClN5/c7-3-1-4(8)5(11-2-3)6(9)12-13-10/h1-2,13H,10H2,(H2,9,12). The Kier molecular flexibility index (Phi) is 3.47. The molecule has 0 aliphatic rings. The lowest BCUT2D eigenvalue weighted by molar-refractivity contribution is 0.802. The van der Waals surface area contributed by atoms with E-state index in [1.54, 1.807) is 12.3 Å². The summed E-state index contributed by atoms with van der Waals surface area (Å²) in [4.78, 5) is 3.97. The molecule has 5 nitrogen and oxygen atoms in total. The number of rotatable bonds is 2. The SMILES string of the molecule is NN/N=C(\N)c1ncc(Br)cc1Cl. The van der Waals surface area contributed by atoms with E-state index in [9.17, 15) is 0 Å². The van der Waals surface area contributed by atoms with Crippen LogP contribution in [0.3, 0.4) is 0 Å². The van der Waals surface area contributed by atoms with Gasteiger partial charge in [-0.2, -0.15) is 0 Å². The van der Waals surface area contributed by atoms with Gasteiger partial charge in [0, 0.05) is 10.7 Å². The summed E-state index contributed by atoms with van der Waals surface area (Å²) in [5, 5.41) is 3.95. The van der Waals surface area contributed by atoms with Gasteiger partial charge in [-0.05, 0) is 22.0 Å². The fourth-order valence-electron chi connectivity index (χ4n) is 0.726. The summed E-state index contributed by atoms with van der Waals surface area (Å²) in [6.07, 6.45) is 1.57. The van der Waals surface area contributed by atoms with Crippen molar-refractivity contribution in [2.45, 2.75) is 0 Å². The number of aromatic nitrogens is 1. The Labute approximate surface area is 88.3 Å². The van der Waals surface area contributed by atoms with Gasteiger partial charge >= 0.3 is 0 Å². The second-order valence-corrected chi connectivity index (χ2v) is 3.43. The molecule has 1 aromatic heterocycles. The lowest BCUT2D eigenvalue weighted by Crippen LogP contribution is -2.24. The summed E-state index contributed by atoms with van der Waals surface area (Å²) >= 11 is 9.05. The summed E-state index contributed by atoms with van der Waals surface area (Å²) < 4.78 is 0.773.